The maximum absolute atomic E-state index is 12.2. The number of carbonyl (C=O) groups excluding carboxylic acids is 1. The van der Waals surface area contributed by atoms with Gasteiger partial charge in [0.25, 0.3) is 5.91 Å². The Kier molecular flexibility index (Phi) is 6.23. The van der Waals surface area contributed by atoms with Gasteiger partial charge in [-0.05, 0) is 19.3 Å². The van der Waals surface area contributed by atoms with Gasteiger partial charge in [0.15, 0.2) is 5.69 Å². The highest BCUT2D eigenvalue weighted by Gasteiger charge is 2.20. The molecule has 1 amide bonds. The number of nitrogens with zero attached hydrogens (tertiary/aromatic N) is 1. The molecule has 5 nitrogen and oxygen atoms in total. The van der Waals surface area contributed by atoms with Crippen LogP contribution in [0.5, 0.6) is 0 Å². The van der Waals surface area contributed by atoms with Crippen molar-refractivity contribution in [3.05, 3.63) is 17.8 Å². The van der Waals surface area contributed by atoms with Gasteiger partial charge in [0, 0.05) is 6.04 Å². The van der Waals surface area contributed by atoms with E-state index in [0.29, 0.717) is 11.6 Å². The second-order valence-electron chi connectivity index (χ2n) is 5.98. The highest BCUT2D eigenvalue weighted by molar-refractivity contribution is 5.92. The van der Waals surface area contributed by atoms with Gasteiger partial charge in [-0.15, -0.1) is 0 Å². The molecule has 21 heavy (non-hydrogen) atoms. The molecule has 0 aromatic carbocycles. The van der Waals surface area contributed by atoms with E-state index in [1.165, 1.54) is 31.9 Å². The molecule has 0 radical (unpaired) electrons. The molecule has 0 aliphatic heterocycles. The predicted molar refractivity (Wildman–Crippen MR) is 81.9 cm³/mol. The summed E-state index contributed by atoms with van der Waals surface area (Å²) in [7, 11) is 0. The van der Waals surface area contributed by atoms with Gasteiger partial charge < -0.3 is 15.5 Å². The van der Waals surface area contributed by atoms with Crippen LogP contribution in [-0.4, -0.2) is 16.9 Å². The molecule has 1 aromatic rings. The first-order valence-corrected chi connectivity index (χ1v) is 8.22. The molecule has 118 valence electrons. The van der Waals surface area contributed by atoms with Gasteiger partial charge in [-0.25, -0.2) is 4.98 Å². The Labute approximate surface area is 126 Å². The van der Waals surface area contributed by atoms with E-state index in [1.807, 2.05) is 0 Å². The molecule has 5 heteroatoms. The van der Waals surface area contributed by atoms with Crippen molar-refractivity contribution in [3.63, 3.8) is 0 Å². The van der Waals surface area contributed by atoms with E-state index in [-0.39, 0.29) is 18.0 Å². The zero-order chi connectivity index (χ0) is 15.1. The van der Waals surface area contributed by atoms with Gasteiger partial charge >= 0.3 is 0 Å². The molecule has 0 bridgehead atoms. The van der Waals surface area contributed by atoms with Crippen LogP contribution in [0.1, 0.15) is 87.1 Å². The monoisotopic (exact) mass is 293 g/mol. The topological polar surface area (TPSA) is 81.1 Å². The van der Waals surface area contributed by atoms with Gasteiger partial charge in [-0.2, -0.15) is 0 Å². The van der Waals surface area contributed by atoms with Gasteiger partial charge in [0.05, 0.1) is 6.04 Å². The van der Waals surface area contributed by atoms with Crippen molar-refractivity contribution in [1.29, 1.82) is 0 Å². The fourth-order valence-electron chi connectivity index (χ4n) is 2.79. The summed E-state index contributed by atoms with van der Waals surface area (Å²) in [6.07, 6.45) is 11.4. The van der Waals surface area contributed by atoms with Crippen molar-refractivity contribution >= 4 is 5.91 Å². The molecular formula is C16H27N3O2. The normalized spacial score (nSPS) is 18.2. The highest BCUT2D eigenvalue weighted by atomic mass is 16.3. The van der Waals surface area contributed by atoms with Crippen molar-refractivity contribution in [2.24, 2.45) is 5.73 Å². The summed E-state index contributed by atoms with van der Waals surface area (Å²) in [5.74, 6) is 0.328. The van der Waals surface area contributed by atoms with E-state index in [1.54, 1.807) is 0 Å². The number of hydrogen-bond acceptors (Lipinski definition) is 4. The molecule has 1 unspecified atom stereocenters. The minimum atomic E-state index is -0.218. The van der Waals surface area contributed by atoms with Crippen LogP contribution in [0.2, 0.25) is 0 Å². The van der Waals surface area contributed by atoms with E-state index in [2.05, 4.69) is 17.2 Å². The van der Waals surface area contributed by atoms with Crippen molar-refractivity contribution in [1.82, 2.24) is 10.3 Å². The van der Waals surface area contributed by atoms with E-state index >= 15 is 0 Å². The summed E-state index contributed by atoms with van der Waals surface area (Å²) < 4.78 is 5.36. The summed E-state index contributed by atoms with van der Waals surface area (Å²) in [6, 6.07) is 0.0540. The standard InChI is InChI=1S/C16H27N3O2/c1-2-3-10-13(17)16-19-14(11-21-16)15(20)18-12-8-6-4-5-7-9-12/h11-13H,2-10,17H2,1H3,(H,18,20). The zero-order valence-electron chi connectivity index (χ0n) is 12.9. The Morgan fingerprint density at radius 2 is 2.14 bits per heavy atom. The Balaban J connectivity index is 1.88. The first-order chi connectivity index (χ1) is 10.2. The average Bonchev–Trinajstić information content (AvgIpc) is 2.85. The van der Waals surface area contributed by atoms with Crippen molar-refractivity contribution < 1.29 is 9.21 Å². The SMILES string of the molecule is CCCCC(N)c1nc(C(=O)NC2CCCCCC2)co1. The van der Waals surface area contributed by atoms with Gasteiger partial charge in [0.1, 0.15) is 6.26 Å². The van der Waals surface area contributed by atoms with Crippen LogP contribution in [0.15, 0.2) is 10.7 Å². The lowest BCUT2D eigenvalue weighted by atomic mass is 10.1. The van der Waals surface area contributed by atoms with Crippen LogP contribution in [0.25, 0.3) is 0 Å². The van der Waals surface area contributed by atoms with E-state index in [0.717, 1.165) is 32.1 Å². The smallest absolute Gasteiger partial charge is 0.273 e. The van der Waals surface area contributed by atoms with Crippen molar-refractivity contribution in [2.45, 2.75) is 76.8 Å². The van der Waals surface area contributed by atoms with Crippen molar-refractivity contribution in [3.8, 4) is 0 Å². The van der Waals surface area contributed by atoms with Crippen LogP contribution >= 0.6 is 0 Å². The molecule has 2 rings (SSSR count). The third kappa shape index (κ3) is 4.84. The molecular weight excluding hydrogens is 266 g/mol. The lowest BCUT2D eigenvalue weighted by Crippen LogP contribution is -2.34. The quantitative estimate of drug-likeness (QED) is 0.788. The molecule has 1 heterocycles. The van der Waals surface area contributed by atoms with Crippen molar-refractivity contribution in [2.75, 3.05) is 0 Å². The average molecular weight is 293 g/mol. The van der Waals surface area contributed by atoms with Crippen LogP contribution in [0.3, 0.4) is 0 Å². The first-order valence-electron chi connectivity index (χ1n) is 8.22. The zero-order valence-corrected chi connectivity index (χ0v) is 12.9. The molecule has 1 atom stereocenters. The van der Waals surface area contributed by atoms with Gasteiger partial charge in [-0.1, -0.05) is 45.4 Å². The van der Waals surface area contributed by atoms with Crippen LogP contribution in [0.4, 0.5) is 0 Å². The number of carbonyl (C=O) groups is 1. The maximum Gasteiger partial charge on any atom is 0.273 e. The largest absolute Gasteiger partial charge is 0.446 e. The fourth-order valence-corrected chi connectivity index (χ4v) is 2.79. The fraction of sp³-hybridized carbons (Fsp3) is 0.750. The molecule has 1 saturated carbocycles. The maximum atomic E-state index is 12.2. The molecule has 0 saturated heterocycles. The van der Waals surface area contributed by atoms with E-state index in [4.69, 9.17) is 10.2 Å². The minimum absolute atomic E-state index is 0.139. The number of aromatic nitrogens is 1. The van der Waals surface area contributed by atoms with Gasteiger partial charge in [-0.3, -0.25) is 4.79 Å². The number of nitrogens with two attached hydrogens (primary N) is 1. The second-order valence-corrected chi connectivity index (χ2v) is 5.98. The van der Waals surface area contributed by atoms with Gasteiger partial charge in [0.2, 0.25) is 5.89 Å². The Morgan fingerprint density at radius 1 is 1.43 bits per heavy atom. The lowest BCUT2D eigenvalue weighted by Gasteiger charge is -2.14. The molecule has 3 N–H and O–H groups in total. The predicted octanol–water partition coefficient (Wildman–Crippen LogP) is 3.32. The van der Waals surface area contributed by atoms with Crippen LogP contribution in [0, 0.1) is 0 Å². The van der Waals surface area contributed by atoms with Crippen LogP contribution < -0.4 is 11.1 Å². The van der Waals surface area contributed by atoms with E-state index < -0.39 is 0 Å². The summed E-state index contributed by atoms with van der Waals surface area (Å²) in [5.41, 5.74) is 6.36. The Bertz CT molecular complexity index is 436. The Hall–Kier alpha value is -1.36. The molecule has 1 aliphatic rings. The number of rotatable bonds is 6. The molecule has 0 spiro atoms. The van der Waals surface area contributed by atoms with Crippen LogP contribution in [-0.2, 0) is 0 Å². The third-order valence-corrected chi connectivity index (χ3v) is 4.13. The summed E-state index contributed by atoms with van der Waals surface area (Å²) in [6.45, 7) is 2.12. The second kappa shape index (κ2) is 8.17. The number of nitrogens with one attached hydrogen (secondary N) is 1. The number of hydrogen-bond donors (Lipinski definition) is 2. The molecule has 1 aliphatic carbocycles. The van der Waals surface area contributed by atoms with E-state index in [9.17, 15) is 4.79 Å². The third-order valence-electron chi connectivity index (χ3n) is 4.13. The minimum Gasteiger partial charge on any atom is -0.446 e. The first kappa shape index (κ1) is 16.0. The Morgan fingerprint density at radius 3 is 2.81 bits per heavy atom. The summed E-state index contributed by atoms with van der Waals surface area (Å²) >= 11 is 0. The summed E-state index contributed by atoms with van der Waals surface area (Å²) in [5, 5.41) is 3.07. The number of amides is 1. The highest BCUT2D eigenvalue weighted by Crippen LogP contribution is 2.19. The summed E-state index contributed by atoms with van der Waals surface area (Å²) in [4.78, 5) is 16.4. The number of oxazole rings is 1. The lowest BCUT2D eigenvalue weighted by molar-refractivity contribution is 0.0928. The number of unbranched alkanes of at least 4 members (excludes halogenated alkanes) is 1. The molecule has 1 aromatic heterocycles. The molecule has 1 fully saturated rings.